The summed E-state index contributed by atoms with van der Waals surface area (Å²) in [5.41, 5.74) is 0.205. The largest absolute Gasteiger partial charge is 0.507 e. The van der Waals surface area contributed by atoms with Crippen LogP contribution in [-0.2, 0) is 10.4 Å². The Morgan fingerprint density at radius 3 is 2.16 bits per heavy atom. The number of hydrogen-bond donors (Lipinski definition) is 6. The van der Waals surface area contributed by atoms with Gasteiger partial charge in [-0.3, -0.25) is 9.35 Å². The van der Waals surface area contributed by atoms with Crippen LogP contribution in [0.3, 0.4) is 0 Å². The number of rotatable bonds is 5. The van der Waals surface area contributed by atoms with Crippen LogP contribution in [0, 0.1) is 0 Å². The van der Waals surface area contributed by atoms with Crippen molar-refractivity contribution in [2.75, 3.05) is 6.61 Å². The van der Waals surface area contributed by atoms with Gasteiger partial charge in [-0.2, -0.15) is 8.42 Å². The van der Waals surface area contributed by atoms with Crippen molar-refractivity contribution in [3.63, 3.8) is 0 Å². The molecular formula is C24H20O13S. The first-order valence-electron chi connectivity index (χ1n) is 11.0. The molecule has 0 aromatic heterocycles. The average molecular weight is 548 g/mol. The van der Waals surface area contributed by atoms with Gasteiger partial charge in [-0.05, 0) is 29.8 Å². The van der Waals surface area contributed by atoms with Gasteiger partial charge in [0, 0.05) is 17.7 Å². The smallest absolute Gasteiger partial charge is 0.446 e. The SMILES string of the molecule is O=C1c2c(O)cc(OS(=O)(=O)O)cc2OC(c2ccc3c(c2)OC(c2ccc(O)c(O)c2)C(CO)O3)C1O. The molecule has 0 radical (unpaired) electrons. The Labute approximate surface area is 214 Å². The highest BCUT2D eigenvalue weighted by Gasteiger charge is 2.41. The van der Waals surface area contributed by atoms with Crippen molar-refractivity contribution in [1.29, 1.82) is 0 Å². The first-order chi connectivity index (χ1) is 17.9. The van der Waals surface area contributed by atoms with Crippen LogP contribution >= 0.6 is 0 Å². The minimum Gasteiger partial charge on any atom is -0.507 e. The van der Waals surface area contributed by atoms with E-state index in [1.807, 2.05) is 0 Å². The molecule has 13 nitrogen and oxygen atoms in total. The highest BCUT2D eigenvalue weighted by atomic mass is 32.3. The van der Waals surface area contributed by atoms with Gasteiger partial charge >= 0.3 is 10.4 Å². The fourth-order valence-corrected chi connectivity index (χ4v) is 4.62. The lowest BCUT2D eigenvalue weighted by Crippen LogP contribution is -2.37. The number of aliphatic hydroxyl groups excluding tert-OH is 2. The van der Waals surface area contributed by atoms with E-state index < -0.39 is 70.0 Å². The van der Waals surface area contributed by atoms with Crippen LogP contribution in [0.4, 0.5) is 0 Å². The second-order valence-corrected chi connectivity index (χ2v) is 9.53. The van der Waals surface area contributed by atoms with Crippen LogP contribution in [0.1, 0.15) is 33.7 Å². The lowest BCUT2D eigenvalue weighted by molar-refractivity contribution is -0.0130. The van der Waals surface area contributed by atoms with Crippen molar-refractivity contribution in [3.05, 3.63) is 65.2 Å². The third kappa shape index (κ3) is 4.61. The lowest BCUT2D eigenvalue weighted by atomic mass is 9.92. The Kier molecular flexibility index (Phi) is 6.19. The maximum absolute atomic E-state index is 12.9. The fourth-order valence-electron chi connectivity index (χ4n) is 4.29. The summed E-state index contributed by atoms with van der Waals surface area (Å²) in [7, 11) is -4.94. The Hall–Kier alpha value is -4.24. The molecule has 14 heteroatoms. The molecule has 4 atom stereocenters. The zero-order chi connectivity index (χ0) is 27.4. The van der Waals surface area contributed by atoms with Gasteiger partial charge in [0.2, 0.25) is 5.78 Å². The topological polar surface area (TPSA) is 210 Å². The van der Waals surface area contributed by atoms with Gasteiger partial charge in [0.05, 0.1) is 6.61 Å². The zero-order valence-electron chi connectivity index (χ0n) is 19.1. The molecular weight excluding hydrogens is 528 g/mol. The number of aliphatic hydroxyl groups is 2. The number of aromatic hydroxyl groups is 3. The summed E-state index contributed by atoms with van der Waals surface area (Å²) < 4.78 is 53.0. The molecule has 0 fully saturated rings. The monoisotopic (exact) mass is 548 g/mol. The van der Waals surface area contributed by atoms with Crippen LogP contribution < -0.4 is 18.4 Å². The summed E-state index contributed by atoms with van der Waals surface area (Å²) in [6.45, 7) is -0.444. The Bertz CT molecular complexity index is 1530. The first kappa shape index (κ1) is 25.4. The highest BCUT2D eigenvalue weighted by molar-refractivity contribution is 7.81. The van der Waals surface area contributed by atoms with Crippen molar-refractivity contribution in [1.82, 2.24) is 0 Å². The Balaban J connectivity index is 1.49. The number of carbonyl (C=O) groups is 1. The first-order valence-corrected chi connectivity index (χ1v) is 12.3. The fraction of sp³-hybridized carbons (Fsp3) is 0.208. The van der Waals surface area contributed by atoms with Crippen LogP contribution in [0.25, 0.3) is 0 Å². The molecule has 4 unspecified atom stereocenters. The molecule has 5 rings (SSSR count). The average Bonchev–Trinajstić information content (AvgIpc) is 2.85. The van der Waals surface area contributed by atoms with Gasteiger partial charge < -0.3 is 43.9 Å². The van der Waals surface area contributed by atoms with E-state index >= 15 is 0 Å². The predicted molar refractivity (Wildman–Crippen MR) is 125 cm³/mol. The summed E-state index contributed by atoms with van der Waals surface area (Å²) >= 11 is 0. The third-order valence-corrected chi connectivity index (χ3v) is 6.39. The van der Waals surface area contributed by atoms with Crippen LogP contribution in [0.15, 0.2) is 48.5 Å². The second kappa shape index (κ2) is 9.25. The lowest BCUT2D eigenvalue weighted by Gasteiger charge is -2.35. The Morgan fingerprint density at radius 1 is 0.789 bits per heavy atom. The van der Waals surface area contributed by atoms with Crippen molar-refractivity contribution < 1.29 is 61.7 Å². The molecule has 2 aliphatic heterocycles. The molecule has 0 saturated heterocycles. The van der Waals surface area contributed by atoms with Crippen molar-refractivity contribution in [2.45, 2.75) is 24.4 Å². The highest BCUT2D eigenvalue weighted by Crippen LogP contribution is 2.46. The van der Waals surface area contributed by atoms with E-state index in [0.29, 0.717) is 5.56 Å². The number of fused-ring (bicyclic) bond motifs is 2. The van der Waals surface area contributed by atoms with Crippen molar-refractivity contribution in [2.24, 2.45) is 0 Å². The van der Waals surface area contributed by atoms with Gasteiger partial charge in [0.1, 0.15) is 17.1 Å². The van der Waals surface area contributed by atoms with E-state index in [2.05, 4.69) is 4.18 Å². The standard InChI is InChI=1S/C24H20O13S/c25-9-19-23(10-1-3-13(26)14(27)5-10)35-17-6-11(2-4-16(17)34-19)24-22(30)21(29)20-15(28)7-12(8-18(20)36-24)37-38(31,32)33/h1-8,19,22-28,30H,9H2,(H,31,32,33). The summed E-state index contributed by atoms with van der Waals surface area (Å²) in [5, 5.41) is 50.2. The number of Topliss-reactive ketones (excluding diaryl/α,β-unsaturated/α-hetero) is 1. The molecule has 0 spiro atoms. The van der Waals surface area contributed by atoms with E-state index in [9.17, 15) is 38.7 Å². The Morgan fingerprint density at radius 2 is 1.47 bits per heavy atom. The van der Waals surface area contributed by atoms with Gasteiger partial charge in [0.15, 0.2) is 53.2 Å². The molecule has 0 bridgehead atoms. The molecule has 3 aromatic carbocycles. The zero-order valence-corrected chi connectivity index (χ0v) is 19.9. The van der Waals surface area contributed by atoms with E-state index in [1.165, 1.54) is 36.4 Å². The van der Waals surface area contributed by atoms with Crippen LogP contribution in [0.5, 0.6) is 40.2 Å². The summed E-state index contributed by atoms with van der Waals surface area (Å²) in [6.07, 6.45) is -4.90. The molecule has 2 aliphatic rings. The van der Waals surface area contributed by atoms with Crippen molar-refractivity contribution in [3.8, 4) is 40.2 Å². The molecule has 6 N–H and O–H groups in total. The van der Waals surface area contributed by atoms with Crippen LogP contribution in [-0.4, -0.2) is 63.1 Å². The number of carbonyl (C=O) groups excluding carboxylic acids is 1. The van der Waals surface area contributed by atoms with E-state index in [0.717, 1.165) is 12.1 Å². The van der Waals surface area contributed by atoms with Gasteiger partial charge in [-0.25, -0.2) is 0 Å². The second-order valence-electron chi connectivity index (χ2n) is 8.51. The van der Waals surface area contributed by atoms with E-state index in [1.54, 1.807) is 0 Å². The molecule has 0 saturated carbocycles. The van der Waals surface area contributed by atoms with Gasteiger partial charge in [-0.1, -0.05) is 12.1 Å². The maximum Gasteiger partial charge on any atom is 0.446 e. The number of phenolic OH excluding ortho intramolecular Hbond substituents is 3. The minimum atomic E-state index is -4.94. The molecule has 2 heterocycles. The molecule has 200 valence electrons. The number of ether oxygens (including phenoxy) is 3. The molecule has 0 amide bonds. The summed E-state index contributed by atoms with van der Waals surface area (Å²) in [4.78, 5) is 12.9. The number of benzene rings is 3. The number of phenols is 3. The minimum absolute atomic E-state index is 0.144. The third-order valence-electron chi connectivity index (χ3n) is 5.99. The van der Waals surface area contributed by atoms with Crippen LogP contribution in [0.2, 0.25) is 0 Å². The number of ketones is 1. The predicted octanol–water partition coefficient (Wildman–Crippen LogP) is 1.54. The molecule has 0 aliphatic carbocycles. The maximum atomic E-state index is 12.9. The van der Waals surface area contributed by atoms with Gasteiger partial charge in [-0.15, -0.1) is 0 Å². The summed E-state index contributed by atoms with van der Waals surface area (Å²) in [6, 6.07) is 10.0. The van der Waals surface area contributed by atoms with Crippen molar-refractivity contribution >= 4 is 16.2 Å². The summed E-state index contributed by atoms with van der Waals surface area (Å²) in [5.74, 6) is -2.88. The van der Waals surface area contributed by atoms with E-state index in [4.69, 9.17) is 18.8 Å². The van der Waals surface area contributed by atoms with Gasteiger partial charge in [0.25, 0.3) is 0 Å². The molecule has 38 heavy (non-hydrogen) atoms. The molecule has 3 aromatic rings. The number of hydrogen-bond acceptors (Lipinski definition) is 12. The normalized spacial score (nSPS) is 22.3. The van der Waals surface area contributed by atoms with E-state index in [-0.39, 0.29) is 28.6 Å². The quantitative estimate of drug-likeness (QED) is 0.198.